The maximum atomic E-state index is 13.6. The smallest absolute Gasteiger partial charge is 0.278 e. The number of carbonyl (C=O) groups is 2. The van der Waals surface area contributed by atoms with Crippen molar-refractivity contribution in [1.29, 1.82) is 0 Å². The molecule has 8 nitrogen and oxygen atoms in total. The van der Waals surface area contributed by atoms with E-state index in [1.54, 1.807) is 50.2 Å². The summed E-state index contributed by atoms with van der Waals surface area (Å²) in [6, 6.07) is 11.4. The number of nitrogens with zero attached hydrogens (tertiary/aromatic N) is 3. The molecule has 9 heteroatoms. The second kappa shape index (κ2) is 8.51. The van der Waals surface area contributed by atoms with E-state index >= 15 is 0 Å². The van der Waals surface area contributed by atoms with Crippen LogP contribution in [-0.4, -0.2) is 33.9 Å². The van der Waals surface area contributed by atoms with E-state index in [1.165, 1.54) is 17.9 Å². The molecule has 150 valence electrons. The molecule has 0 radical (unpaired) electrons. The highest BCUT2D eigenvalue weighted by molar-refractivity contribution is 6.04. The van der Waals surface area contributed by atoms with Crippen molar-refractivity contribution < 1.29 is 18.7 Å². The lowest BCUT2D eigenvalue weighted by Crippen LogP contribution is -2.21. The van der Waals surface area contributed by atoms with Crippen LogP contribution in [0.1, 0.15) is 21.7 Å². The average Bonchev–Trinajstić information content (AvgIpc) is 3.05. The summed E-state index contributed by atoms with van der Waals surface area (Å²) in [6.45, 7) is 3.10. The monoisotopic (exact) mass is 397 g/mol. The summed E-state index contributed by atoms with van der Waals surface area (Å²) in [7, 11) is 1.51. The average molecular weight is 397 g/mol. The third-order valence-corrected chi connectivity index (χ3v) is 4.30. The molecule has 3 rings (SSSR count). The van der Waals surface area contributed by atoms with Crippen LogP contribution in [0.5, 0.6) is 5.75 Å². The molecule has 2 aromatic carbocycles. The molecule has 0 bridgehead atoms. The van der Waals surface area contributed by atoms with Crippen molar-refractivity contribution in [3.63, 3.8) is 0 Å². The number of aryl methyl sites for hydroxylation is 1. The molecule has 3 aromatic rings. The Balaban J connectivity index is 1.69. The van der Waals surface area contributed by atoms with E-state index in [4.69, 9.17) is 4.74 Å². The predicted molar refractivity (Wildman–Crippen MR) is 105 cm³/mol. The first-order valence-corrected chi connectivity index (χ1v) is 8.79. The Hall–Kier alpha value is -3.75. The van der Waals surface area contributed by atoms with E-state index in [1.807, 2.05) is 0 Å². The Morgan fingerprint density at radius 2 is 1.90 bits per heavy atom. The summed E-state index contributed by atoms with van der Waals surface area (Å²) < 4.78 is 20.1. The summed E-state index contributed by atoms with van der Waals surface area (Å²) in [5.41, 5.74) is 1.83. The molecule has 0 spiro atoms. The molecular formula is C20H20FN5O3. The normalized spacial score (nSPS) is 10.5. The Labute approximate surface area is 166 Å². The molecule has 0 unspecified atom stereocenters. The molecule has 0 saturated heterocycles. The fourth-order valence-electron chi connectivity index (χ4n) is 2.66. The fraction of sp³-hybridized carbons (Fsp3) is 0.200. The molecule has 1 aromatic heterocycles. The topological polar surface area (TPSA) is 98.1 Å². The highest BCUT2D eigenvalue weighted by Crippen LogP contribution is 2.23. The molecule has 0 saturated carbocycles. The number of carbonyl (C=O) groups excluding carboxylic acids is 2. The van der Waals surface area contributed by atoms with Gasteiger partial charge in [0.1, 0.15) is 18.1 Å². The molecule has 2 amide bonds. The van der Waals surface area contributed by atoms with Crippen LogP contribution in [0.2, 0.25) is 0 Å². The number of ether oxygens (including phenoxy) is 1. The van der Waals surface area contributed by atoms with E-state index < -0.39 is 17.6 Å². The summed E-state index contributed by atoms with van der Waals surface area (Å²) in [6.07, 6.45) is 0. The van der Waals surface area contributed by atoms with Crippen LogP contribution in [0, 0.1) is 19.7 Å². The van der Waals surface area contributed by atoms with Crippen molar-refractivity contribution in [3.8, 4) is 5.75 Å². The molecule has 0 aliphatic rings. The summed E-state index contributed by atoms with van der Waals surface area (Å²) >= 11 is 0. The number of amides is 2. The number of hydrogen-bond donors (Lipinski definition) is 2. The first-order valence-electron chi connectivity index (χ1n) is 8.79. The molecule has 0 aliphatic carbocycles. The van der Waals surface area contributed by atoms with Crippen LogP contribution >= 0.6 is 0 Å². The lowest BCUT2D eigenvalue weighted by atomic mass is 10.2. The van der Waals surface area contributed by atoms with E-state index in [0.717, 1.165) is 0 Å². The van der Waals surface area contributed by atoms with E-state index in [-0.39, 0.29) is 12.2 Å². The van der Waals surface area contributed by atoms with E-state index in [9.17, 15) is 14.0 Å². The third kappa shape index (κ3) is 4.57. The first-order chi connectivity index (χ1) is 13.9. The van der Waals surface area contributed by atoms with Crippen LogP contribution < -0.4 is 15.4 Å². The van der Waals surface area contributed by atoms with Crippen LogP contribution in [0.4, 0.5) is 15.8 Å². The van der Waals surface area contributed by atoms with Gasteiger partial charge in [-0.1, -0.05) is 23.4 Å². The van der Waals surface area contributed by atoms with Crippen molar-refractivity contribution in [3.05, 3.63) is 65.2 Å². The zero-order valence-corrected chi connectivity index (χ0v) is 16.2. The SMILES string of the molecule is COc1ccccc1NC(=O)c1nnn(CC(=O)Nc2ccc(C)c(F)c2)c1C. The third-order valence-electron chi connectivity index (χ3n) is 4.30. The minimum atomic E-state index is -0.473. The standard InChI is InChI=1S/C20H20FN5O3/c1-12-8-9-14(10-15(12)21)22-18(27)11-26-13(2)19(24-25-26)20(28)23-16-6-4-5-7-17(16)29-3/h4-10H,11H2,1-3H3,(H,22,27)(H,23,28). The van der Waals surface area contributed by atoms with Crippen molar-refractivity contribution in [2.75, 3.05) is 17.7 Å². The van der Waals surface area contributed by atoms with Crippen molar-refractivity contribution in [2.45, 2.75) is 20.4 Å². The number of benzene rings is 2. The van der Waals surface area contributed by atoms with E-state index in [2.05, 4.69) is 20.9 Å². The van der Waals surface area contributed by atoms with Gasteiger partial charge in [-0.05, 0) is 43.7 Å². The molecular weight excluding hydrogens is 377 g/mol. The number of para-hydroxylation sites is 2. The lowest BCUT2D eigenvalue weighted by Gasteiger charge is -2.09. The van der Waals surface area contributed by atoms with Crippen LogP contribution in [0.25, 0.3) is 0 Å². The number of rotatable bonds is 6. The molecule has 0 aliphatic heterocycles. The Morgan fingerprint density at radius 3 is 2.62 bits per heavy atom. The predicted octanol–water partition coefficient (Wildman–Crippen LogP) is 2.93. The minimum Gasteiger partial charge on any atom is -0.495 e. The van der Waals surface area contributed by atoms with Crippen LogP contribution in [0.15, 0.2) is 42.5 Å². The number of nitrogens with one attached hydrogen (secondary N) is 2. The fourth-order valence-corrected chi connectivity index (χ4v) is 2.66. The van der Waals surface area contributed by atoms with Gasteiger partial charge in [0.2, 0.25) is 5.91 Å². The second-order valence-electron chi connectivity index (χ2n) is 6.35. The van der Waals surface area contributed by atoms with Gasteiger partial charge in [-0.15, -0.1) is 5.10 Å². The Kier molecular flexibility index (Phi) is 5.87. The van der Waals surface area contributed by atoms with Gasteiger partial charge < -0.3 is 15.4 Å². The summed E-state index contributed by atoms with van der Waals surface area (Å²) in [4.78, 5) is 24.8. The van der Waals surface area contributed by atoms with Crippen molar-refractivity contribution in [2.24, 2.45) is 0 Å². The zero-order valence-electron chi connectivity index (χ0n) is 16.2. The lowest BCUT2D eigenvalue weighted by molar-refractivity contribution is -0.117. The molecule has 0 atom stereocenters. The van der Waals surface area contributed by atoms with Gasteiger partial charge in [0.05, 0.1) is 18.5 Å². The van der Waals surface area contributed by atoms with Gasteiger partial charge in [0.25, 0.3) is 5.91 Å². The van der Waals surface area contributed by atoms with Gasteiger partial charge in [-0.3, -0.25) is 9.59 Å². The summed E-state index contributed by atoms with van der Waals surface area (Å²) in [5, 5.41) is 13.1. The minimum absolute atomic E-state index is 0.0880. The number of aromatic nitrogens is 3. The number of halogens is 1. The van der Waals surface area contributed by atoms with Gasteiger partial charge in [0, 0.05) is 5.69 Å². The van der Waals surface area contributed by atoms with Crippen molar-refractivity contribution in [1.82, 2.24) is 15.0 Å². The van der Waals surface area contributed by atoms with Gasteiger partial charge >= 0.3 is 0 Å². The van der Waals surface area contributed by atoms with Gasteiger partial charge in [0.15, 0.2) is 5.69 Å². The largest absolute Gasteiger partial charge is 0.495 e. The molecule has 0 fully saturated rings. The number of anilines is 2. The number of methoxy groups -OCH3 is 1. The Bertz CT molecular complexity index is 1060. The highest BCUT2D eigenvalue weighted by atomic mass is 19.1. The van der Waals surface area contributed by atoms with Gasteiger partial charge in [-0.2, -0.15) is 0 Å². The number of hydrogen-bond acceptors (Lipinski definition) is 5. The maximum absolute atomic E-state index is 13.6. The maximum Gasteiger partial charge on any atom is 0.278 e. The first kappa shape index (κ1) is 20.0. The molecule has 2 N–H and O–H groups in total. The zero-order chi connectivity index (χ0) is 21.0. The van der Waals surface area contributed by atoms with Gasteiger partial charge in [-0.25, -0.2) is 9.07 Å². The highest BCUT2D eigenvalue weighted by Gasteiger charge is 2.19. The Morgan fingerprint density at radius 1 is 1.14 bits per heavy atom. The van der Waals surface area contributed by atoms with Crippen molar-refractivity contribution >= 4 is 23.2 Å². The molecule has 29 heavy (non-hydrogen) atoms. The van der Waals surface area contributed by atoms with E-state index in [0.29, 0.717) is 28.4 Å². The summed E-state index contributed by atoms with van der Waals surface area (Å²) in [5.74, 6) is -0.789. The molecule has 1 heterocycles. The quantitative estimate of drug-likeness (QED) is 0.666. The second-order valence-corrected chi connectivity index (χ2v) is 6.35. The van der Waals surface area contributed by atoms with Crippen LogP contribution in [0.3, 0.4) is 0 Å². The van der Waals surface area contributed by atoms with Crippen LogP contribution in [-0.2, 0) is 11.3 Å².